The normalized spacial score (nSPS) is 16.3. The zero-order valence-corrected chi connectivity index (χ0v) is 19.5. The molecule has 1 aliphatic heterocycles. The Morgan fingerprint density at radius 3 is 2.91 bits per heavy atom. The maximum absolute atomic E-state index is 13.8. The van der Waals surface area contributed by atoms with Gasteiger partial charge >= 0.3 is 0 Å². The summed E-state index contributed by atoms with van der Waals surface area (Å²) in [6, 6.07) is 14.3. The minimum atomic E-state index is -0.307. The van der Waals surface area contributed by atoms with E-state index >= 15 is 0 Å². The fraction of sp³-hybridized carbons (Fsp3) is 0.320. The monoisotopic (exact) mass is 463 g/mol. The van der Waals surface area contributed by atoms with E-state index in [1.807, 2.05) is 37.3 Å². The van der Waals surface area contributed by atoms with Gasteiger partial charge in [0.15, 0.2) is 10.8 Å². The highest BCUT2D eigenvalue weighted by Crippen LogP contribution is 2.34. The van der Waals surface area contributed by atoms with Crippen LogP contribution in [0.4, 0.5) is 15.2 Å². The summed E-state index contributed by atoms with van der Waals surface area (Å²) in [4.78, 5) is 20.1. The molecule has 1 fully saturated rings. The Morgan fingerprint density at radius 1 is 1.24 bits per heavy atom. The van der Waals surface area contributed by atoms with E-state index in [0.717, 1.165) is 58.2 Å². The number of benzene rings is 2. The van der Waals surface area contributed by atoms with Gasteiger partial charge in [0.2, 0.25) is 5.91 Å². The molecular formula is C25H26FN5OS. The second-order valence-electron chi connectivity index (χ2n) is 8.41. The number of amides is 1. The van der Waals surface area contributed by atoms with Gasteiger partial charge in [0, 0.05) is 18.8 Å². The van der Waals surface area contributed by atoms with Gasteiger partial charge in [-0.2, -0.15) is 10.1 Å². The van der Waals surface area contributed by atoms with E-state index in [1.54, 1.807) is 22.1 Å². The number of aromatic nitrogens is 3. The average molecular weight is 464 g/mol. The van der Waals surface area contributed by atoms with E-state index in [9.17, 15) is 9.18 Å². The molecule has 8 heteroatoms. The fourth-order valence-electron chi connectivity index (χ4n) is 4.40. The molecule has 4 aromatic rings. The summed E-state index contributed by atoms with van der Waals surface area (Å²) in [5, 5.41) is 8.58. The van der Waals surface area contributed by atoms with E-state index in [2.05, 4.69) is 22.2 Å². The van der Waals surface area contributed by atoms with Crippen molar-refractivity contribution in [2.75, 3.05) is 23.3 Å². The Kier molecular flexibility index (Phi) is 5.85. The predicted molar refractivity (Wildman–Crippen MR) is 131 cm³/mol. The molecule has 1 saturated heterocycles. The summed E-state index contributed by atoms with van der Waals surface area (Å²) in [7, 11) is 0. The number of para-hydroxylation sites is 1. The number of halogens is 1. The van der Waals surface area contributed by atoms with Crippen molar-refractivity contribution in [3.05, 3.63) is 65.6 Å². The number of anilines is 2. The minimum Gasteiger partial charge on any atom is -0.347 e. The topological polar surface area (TPSA) is 63.1 Å². The Labute approximate surface area is 196 Å². The number of thiazole rings is 1. The lowest BCUT2D eigenvalue weighted by atomic mass is 9.97. The standard InChI is InChI=1S/C25H26FN5OS/c1-3-17-8-4-5-12-21(17)27-24(32)18-9-7-13-30(15-18)25-28-23-22(33-25)16(2)29-31(23)20-11-6-10-19(26)14-20/h4-6,8,10-12,14,18H,3,7,9,13,15H2,1-2H3,(H,27,32)/t18-/m1/s1. The molecule has 6 nitrogen and oxygen atoms in total. The Balaban J connectivity index is 1.38. The summed E-state index contributed by atoms with van der Waals surface area (Å²) in [6.07, 6.45) is 2.66. The lowest BCUT2D eigenvalue weighted by Gasteiger charge is -2.31. The van der Waals surface area contributed by atoms with Crippen LogP contribution in [0, 0.1) is 18.7 Å². The van der Waals surface area contributed by atoms with E-state index < -0.39 is 0 Å². The lowest BCUT2D eigenvalue weighted by molar-refractivity contribution is -0.120. The van der Waals surface area contributed by atoms with Gasteiger partial charge in [0.1, 0.15) is 5.82 Å². The van der Waals surface area contributed by atoms with Crippen molar-refractivity contribution in [2.45, 2.75) is 33.1 Å². The Bertz CT molecular complexity index is 1310. The molecule has 33 heavy (non-hydrogen) atoms. The van der Waals surface area contributed by atoms with Crippen molar-refractivity contribution in [2.24, 2.45) is 5.92 Å². The molecule has 0 aliphatic carbocycles. The summed E-state index contributed by atoms with van der Waals surface area (Å²) in [6.45, 7) is 5.52. The Hall–Kier alpha value is -3.26. The number of nitrogens with one attached hydrogen (secondary N) is 1. The SMILES string of the molecule is CCc1ccccc1NC(=O)[C@@H]1CCCN(c2nc3c(s2)c(C)nn3-c2cccc(F)c2)C1. The van der Waals surface area contributed by atoms with Crippen molar-refractivity contribution in [3.8, 4) is 5.69 Å². The summed E-state index contributed by atoms with van der Waals surface area (Å²) < 4.78 is 16.5. The van der Waals surface area contributed by atoms with E-state index in [0.29, 0.717) is 12.2 Å². The maximum Gasteiger partial charge on any atom is 0.229 e. The van der Waals surface area contributed by atoms with Gasteiger partial charge in [-0.3, -0.25) is 4.79 Å². The van der Waals surface area contributed by atoms with Crippen molar-refractivity contribution in [1.82, 2.24) is 14.8 Å². The van der Waals surface area contributed by atoms with E-state index in [1.165, 1.54) is 12.1 Å². The summed E-state index contributed by atoms with van der Waals surface area (Å²) >= 11 is 1.58. The number of carbonyl (C=O) groups is 1. The molecule has 0 spiro atoms. The first kappa shape index (κ1) is 21.6. The highest BCUT2D eigenvalue weighted by atomic mass is 32.1. The van der Waals surface area contributed by atoms with Gasteiger partial charge in [-0.25, -0.2) is 9.07 Å². The maximum atomic E-state index is 13.8. The molecule has 0 saturated carbocycles. The Morgan fingerprint density at radius 2 is 2.09 bits per heavy atom. The van der Waals surface area contributed by atoms with Crippen LogP contribution >= 0.6 is 11.3 Å². The first-order valence-electron chi connectivity index (χ1n) is 11.3. The second kappa shape index (κ2) is 8.94. The van der Waals surface area contributed by atoms with Gasteiger partial charge in [0.25, 0.3) is 0 Å². The number of hydrogen-bond acceptors (Lipinski definition) is 5. The molecule has 2 aromatic heterocycles. The van der Waals surface area contributed by atoms with Gasteiger partial charge in [-0.1, -0.05) is 42.5 Å². The van der Waals surface area contributed by atoms with Crippen LogP contribution in [0.25, 0.3) is 16.0 Å². The molecule has 2 aromatic carbocycles. The number of piperidine rings is 1. The zero-order valence-electron chi connectivity index (χ0n) is 18.7. The number of carbonyl (C=O) groups excluding carboxylic acids is 1. The molecule has 0 radical (unpaired) electrons. The number of nitrogens with zero attached hydrogens (tertiary/aromatic N) is 4. The van der Waals surface area contributed by atoms with E-state index in [4.69, 9.17) is 4.98 Å². The molecule has 1 N–H and O–H groups in total. The number of fused-ring (bicyclic) bond motifs is 1. The van der Waals surface area contributed by atoms with Crippen molar-refractivity contribution >= 4 is 38.4 Å². The minimum absolute atomic E-state index is 0.0591. The van der Waals surface area contributed by atoms with Gasteiger partial charge < -0.3 is 10.2 Å². The van der Waals surface area contributed by atoms with Crippen LogP contribution in [0.1, 0.15) is 31.0 Å². The fourth-order valence-corrected chi connectivity index (χ4v) is 5.42. The molecule has 0 bridgehead atoms. The molecule has 1 atom stereocenters. The van der Waals surface area contributed by atoms with Crippen molar-refractivity contribution < 1.29 is 9.18 Å². The van der Waals surface area contributed by atoms with Crippen LogP contribution in [0.3, 0.4) is 0 Å². The van der Waals surface area contributed by atoms with Gasteiger partial charge in [0.05, 0.1) is 22.0 Å². The van der Waals surface area contributed by atoms with E-state index in [-0.39, 0.29) is 17.6 Å². The largest absolute Gasteiger partial charge is 0.347 e. The molecule has 0 unspecified atom stereocenters. The third-order valence-electron chi connectivity index (χ3n) is 6.15. The summed E-state index contributed by atoms with van der Waals surface area (Å²) in [5.74, 6) is -0.348. The van der Waals surface area contributed by atoms with Crippen LogP contribution in [-0.4, -0.2) is 33.8 Å². The quantitative estimate of drug-likeness (QED) is 0.434. The van der Waals surface area contributed by atoms with Crippen molar-refractivity contribution in [1.29, 1.82) is 0 Å². The first-order valence-corrected chi connectivity index (χ1v) is 12.1. The summed E-state index contributed by atoms with van der Waals surface area (Å²) in [5.41, 5.74) is 4.27. The lowest BCUT2D eigenvalue weighted by Crippen LogP contribution is -2.40. The molecule has 1 aliphatic rings. The predicted octanol–water partition coefficient (Wildman–Crippen LogP) is 5.35. The smallest absolute Gasteiger partial charge is 0.229 e. The van der Waals surface area contributed by atoms with Crippen molar-refractivity contribution in [3.63, 3.8) is 0 Å². The third kappa shape index (κ3) is 4.23. The first-order chi connectivity index (χ1) is 16.0. The van der Waals surface area contributed by atoms with Gasteiger partial charge in [-0.15, -0.1) is 0 Å². The molecular weight excluding hydrogens is 437 g/mol. The average Bonchev–Trinajstić information content (AvgIpc) is 3.40. The van der Waals surface area contributed by atoms with Crippen LogP contribution < -0.4 is 10.2 Å². The number of hydrogen-bond donors (Lipinski definition) is 1. The second-order valence-corrected chi connectivity index (χ2v) is 9.39. The third-order valence-corrected chi connectivity index (χ3v) is 7.36. The molecule has 1 amide bonds. The molecule has 170 valence electrons. The number of rotatable bonds is 5. The van der Waals surface area contributed by atoms with Crippen LogP contribution in [0.15, 0.2) is 48.5 Å². The number of aryl methyl sites for hydroxylation is 2. The van der Waals surface area contributed by atoms with Crippen LogP contribution in [-0.2, 0) is 11.2 Å². The highest BCUT2D eigenvalue weighted by molar-refractivity contribution is 7.22. The van der Waals surface area contributed by atoms with Crippen LogP contribution in [0.5, 0.6) is 0 Å². The van der Waals surface area contributed by atoms with Crippen LogP contribution in [0.2, 0.25) is 0 Å². The zero-order chi connectivity index (χ0) is 22.9. The van der Waals surface area contributed by atoms with Gasteiger partial charge in [-0.05, 0) is 56.0 Å². The highest BCUT2D eigenvalue weighted by Gasteiger charge is 2.29. The molecule has 5 rings (SSSR count). The molecule has 3 heterocycles.